The van der Waals surface area contributed by atoms with Gasteiger partial charge >= 0.3 is 0 Å². The Balaban J connectivity index is 2.64. The molecule has 0 saturated carbocycles. The molecule has 0 amide bonds. The molecule has 1 heterocycles. The van der Waals surface area contributed by atoms with Gasteiger partial charge in [-0.15, -0.1) is 13.2 Å². The maximum absolute atomic E-state index is 5.98. The molecule has 0 bridgehead atoms. The first-order chi connectivity index (χ1) is 7.76. The van der Waals surface area contributed by atoms with E-state index in [2.05, 4.69) is 23.8 Å². The van der Waals surface area contributed by atoms with Gasteiger partial charge in [0.15, 0.2) is 0 Å². The number of allylic oxidation sites excluding steroid dienone is 2. The van der Waals surface area contributed by atoms with E-state index in [9.17, 15) is 0 Å². The number of nitrogens with zero attached hydrogens (tertiary/aromatic N) is 1. The fraction of sp³-hybridized carbons (Fsp3) is 0.143. The van der Waals surface area contributed by atoms with E-state index in [-0.39, 0.29) is 0 Å². The molecule has 0 aliphatic heterocycles. The smallest absolute Gasteiger partial charge is 0.0486 e. The summed E-state index contributed by atoms with van der Waals surface area (Å²) in [7, 11) is 0. The van der Waals surface area contributed by atoms with Gasteiger partial charge in [0.2, 0.25) is 0 Å². The monoisotopic (exact) mass is 231 g/mol. The lowest BCUT2D eigenvalue weighted by molar-refractivity contribution is 0.811. The lowest BCUT2D eigenvalue weighted by Gasteiger charge is -2.06. The Kier molecular flexibility index (Phi) is 3.16. The molecule has 0 atom stereocenters. The van der Waals surface area contributed by atoms with Crippen LogP contribution in [0.5, 0.6) is 0 Å². The fourth-order valence-corrected chi connectivity index (χ4v) is 2.14. The summed E-state index contributed by atoms with van der Waals surface area (Å²) in [5.41, 5.74) is 2.44. The predicted octanol–water partition coefficient (Wildman–Crippen LogP) is 4.21. The summed E-state index contributed by atoms with van der Waals surface area (Å²) in [6, 6.07) is 8.12. The van der Waals surface area contributed by atoms with E-state index in [0.29, 0.717) is 0 Å². The third kappa shape index (κ3) is 1.91. The van der Waals surface area contributed by atoms with Crippen LogP contribution in [0.1, 0.15) is 5.69 Å². The van der Waals surface area contributed by atoms with Crippen LogP contribution in [0.2, 0.25) is 5.02 Å². The molecular formula is C14H14ClN. The van der Waals surface area contributed by atoms with Crippen LogP contribution in [0.3, 0.4) is 0 Å². The molecule has 0 N–H and O–H groups in total. The first-order valence-electron chi connectivity index (χ1n) is 5.25. The minimum Gasteiger partial charge on any atom is -0.340 e. The maximum atomic E-state index is 5.98. The molecule has 0 aliphatic rings. The molecule has 0 fully saturated rings. The Morgan fingerprint density at radius 2 is 2.00 bits per heavy atom. The van der Waals surface area contributed by atoms with Crippen LogP contribution in [0.25, 0.3) is 10.9 Å². The fourth-order valence-electron chi connectivity index (χ4n) is 1.96. The highest BCUT2D eigenvalue weighted by atomic mass is 35.5. The van der Waals surface area contributed by atoms with Crippen molar-refractivity contribution in [3.63, 3.8) is 0 Å². The van der Waals surface area contributed by atoms with E-state index in [1.165, 1.54) is 16.6 Å². The van der Waals surface area contributed by atoms with Crippen molar-refractivity contribution < 1.29 is 0 Å². The van der Waals surface area contributed by atoms with Gasteiger partial charge in [0.25, 0.3) is 0 Å². The Morgan fingerprint density at radius 1 is 1.19 bits per heavy atom. The number of hydrogen-bond acceptors (Lipinski definition) is 0. The third-order valence-corrected chi connectivity index (χ3v) is 2.85. The van der Waals surface area contributed by atoms with Gasteiger partial charge in [-0.25, -0.2) is 0 Å². The predicted molar refractivity (Wildman–Crippen MR) is 71.0 cm³/mol. The Labute approximate surface area is 101 Å². The summed E-state index contributed by atoms with van der Waals surface area (Å²) >= 11 is 5.98. The summed E-state index contributed by atoms with van der Waals surface area (Å²) in [5.74, 6) is 0. The second-order valence-corrected chi connectivity index (χ2v) is 4.17. The molecule has 2 rings (SSSR count). The average Bonchev–Trinajstić information content (AvgIpc) is 2.57. The molecule has 82 valence electrons. The average molecular weight is 232 g/mol. The Morgan fingerprint density at radius 3 is 2.69 bits per heavy atom. The van der Waals surface area contributed by atoms with Crippen molar-refractivity contribution in [1.29, 1.82) is 0 Å². The third-order valence-electron chi connectivity index (χ3n) is 2.61. The topological polar surface area (TPSA) is 4.93 Å². The molecule has 0 radical (unpaired) electrons. The number of halogens is 1. The molecule has 0 spiro atoms. The van der Waals surface area contributed by atoms with Gasteiger partial charge in [0.05, 0.1) is 0 Å². The lowest BCUT2D eigenvalue weighted by Crippen LogP contribution is -1.99. The van der Waals surface area contributed by atoms with Gasteiger partial charge in [-0.3, -0.25) is 0 Å². The number of benzene rings is 1. The molecule has 1 aromatic carbocycles. The maximum Gasteiger partial charge on any atom is 0.0486 e. The van der Waals surface area contributed by atoms with Gasteiger partial charge in [-0.2, -0.15) is 0 Å². The number of rotatable bonds is 4. The molecule has 16 heavy (non-hydrogen) atoms. The van der Waals surface area contributed by atoms with Crippen LogP contribution < -0.4 is 0 Å². The van der Waals surface area contributed by atoms with Crippen LogP contribution in [0, 0.1) is 0 Å². The van der Waals surface area contributed by atoms with E-state index in [1.807, 2.05) is 30.4 Å². The zero-order valence-electron chi connectivity index (χ0n) is 9.12. The minimum absolute atomic E-state index is 0.772. The highest BCUT2D eigenvalue weighted by Gasteiger charge is 2.06. The quantitative estimate of drug-likeness (QED) is 0.695. The lowest BCUT2D eigenvalue weighted by atomic mass is 10.2. The van der Waals surface area contributed by atoms with Crippen LogP contribution in [-0.2, 0) is 13.0 Å². The summed E-state index contributed by atoms with van der Waals surface area (Å²) in [5, 5.41) is 1.94. The number of hydrogen-bond donors (Lipinski definition) is 0. The van der Waals surface area contributed by atoms with E-state index in [1.54, 1.807) is 0 Å². The summed E-state index contributed by atoms with van der Waals surface area (Å²) in [6.07, 6.45) is 4.68. The van der Waals surface area contributed by atoms with E-state index < -0.39 is 0 Å². The van der Waals surface area contributed by atoms with Crippen molar-refractivity contribution in [1.82, 2.24) is 4.57 Å². The molecule has 0 aliphatic carbocycles. The Hall–Kier alpha value is -1.47. The number of aromatic nitrogens is 1. The van der Waals surface area contributed by atoms with Gasteiger partial charge < -0.3 is 4.57 Å². The minimum atomic E-state index is 0.772. The first kappa shape index (κ1) is 11.0. The molecular weight excluding hydrogens is 218 g/mol. The molecule has 2 aromatic rings. The molecule has 0 saturated heterocycles. The first-order valence-corrected chi connectivity index (χ1v) is 5.63. The second-order valence-electron chi connectivity index (χ2n) is 3.73. The van der Waals surface area contributed by atoms with Crippen LogP contribution in [-0.4, -0.2) is 4.57 Å². The van der Waals surface area contributed by atoms with E-state index >= 15 is 0 Å². The molecule has 1 aromatic heterocycles. The standard InChI is InChI=1S/C14H14ClN/c1-3-5-13-10-11-9-12(15)6-7-14(11)16(13)8-4-2/h3-4,6-7,9-10H,1-2,5,8H2. The van der Waals surface area contributed by atoms with Crippen molar-refractivity contribution in [2.75, 3.05) is 0 Å². The van der Waals surface area contributed by atoms with Crippen LogP contribution in [0.4, 0.5) is 0 Å². The summed E-state index contributed by atoms with van der Waals surface area (Å²) in [4.78, 5) is 0. The van der Waals surface area contributed by atoms with Crippen molar-refractivity contribution in [3.05, 3.63) is 60.3 Å². The number of fused-ring (bicyclic) bond motifs is 1. The SMILES string of the molecule is C=CCc1cc2cc(Cl)ccc2n1CC=C. The van der Waals surface area contributed by atoms with Crippen molar-refractivity contribution in [3.8, 4) is 0 Å². The highest BCUT2D eigenvalue weighted by molar-refractivity contribution is 6.31. The normalized spacial score (nSPS) is 10.6. The summed E-state index contributed by atoms with van der Waals surface area (Å²) < 4.78 is 2.24. The molecule has 2 heteroatoms. The van der Waals surface area contributed by atoms with Gasteiger partial charge in [0.1, 0.15) is 0 Å². The zero-order valence-corrected chi connectivity index (χ0v) is 9.87. The van der Waals surface area contributed by atoms with Gasteiger partial charge in [0, 0.05) is 34.6 Å². The van der Waals surface area contributed by atoms with Gasteiger partial charge in [-0.05, 0) is 24.3 Å². The van der Waals surface area contributed by atoms with E-state index in [0.717, 1.165) is 18.0 Å². The Bertz CT molecular complexity index is 537. The van der Waals surface area contributed by atoms with Crippen molar-refractivity contribution in [2.24, 2.45) is 0 Å². The second kappa shape index (κ2) is 4.58. The van der Waals surface area contributed by atoms with Crippen LogP contribution >= 0.6 is 11.6 Å². The van der Waals surface area contributed by atoms with Crippen molar-refractivity contribution in [2.45, 2.75) is 13.0 Å². The molecule has 1 nitrogen and oxygen atoms in total. The van der Waals surface area contributed by atoms with Crippen LogP contribution in [0.15, 0.2) is 49.6 Å². The highest BCUT2D eigenvalue weighted by Crippen LogP contribution is 2.24. The summed E-state index contributed by atoms with van der Waals surface area (Å²) in [6.45, 7) is 8.38. The molecule has 0 unspecified atom stereocenters. The van der Waals surface area contributed by atoms with Gasteiger partial charge in [-0.1, -0.05) is 23.8 Å². The largest absolute Gasteiger partial charge is 0.340 e. The van der Waals surface area contributed by atoms with Crippen molar-refractivity contribution >= 4 is 22.5 Å². The zero-order chi connectivity index (χ0) is 11.5. The van der Waals surface area contributed by atoms with E-state index in [4.69, 9.17) is 11.6 Å².